The molecule has 2 heterocycles. The van der Waals surface area contributed by atoms with Crippen molar-refractivity contribution in [2.75, 3.05) is 33.2 Å². The van der Waals surface area contributed by atoms with Crippen molar-refractivity contribution in [3.63, 3.8) is 0 Å². The van der Waals surface area contributed by atoms with Crippen molar-refractivity contribution in [3.8, 4) is 0 Å². The predicted molar refractivity (Wildman–Crippen MR) is 88.5 cm³/mol. The van der Waals surface area contributed by atoms with Crippen molar-refractivity contribution in [3.05, 3.63) is 0 Å². The van der Waals surface area contributed by atoms with Crippen molar-refractivity contribution in [2.45, 2.75) is 76.7 Å². The van der Waals surface area contributed by atoms with Crippen LogP contribution in [0.1, 0.15) is 53.9 Å². The van der Waals surface area contributed by atoms with E-state index in [1.807, 2.05) is 0 Å². The van der Waals surface area contributed by atoms with E-state index in [4.69, 9.17) is 10.5 Å². The van der Waals surface area contributed by atoms with E-state index in [1.165, 1.54) is 19.4 Å². The van der Waals surface area contributed by atoms with Crippen molar-refractivity contribution in [1.29, 1.82) is 0 Å². The molecule has 0 bridgehead atoms. The molecule has 0 aromatic carbocycles. The molecule has 0 saturated carbocycles. The molecule has 2 rings (SSSR count). The van der Waals surface area contributed by atoms with Crippen LogP contribution >= 0.6 is 0 Å². The molecule has 2 saturated heterocycles. The molecule has 124 valence electrons. The molecule has 0 spiro atoms. The molecule has 2 aliphatic rings. The van der Waals surface area contributed by atoms with Crippen LogP contribution in [-0.2, 0) is 4.74 Å². The van der Waals surface area contributed by atoms with E-state index in [-0.39, 0.29) is 16.7 Å². The minimum atomic E-state index is -0.207. The highest BCUT2D eigenvalue weighted by molar-refractivity contribution is 5.14. The second-order valence-corrected chi connectivity index (χ2v) is 8.16. The first-order valence-electron chi connectivity index (χ1n) is 8.53. The highest BCUT2D eigenvalue weighted by Gasteiger charge is 2.60. The smallest absolute Gasteiger partial charge is 0.0830 e. The van der Waals surface area contributed by atoms with Gasteiger partial charge >= 0.3 is 0 Å². The van der Waals surface area contributed by atoms with E-state index in [0.29, 0.717) is 12.6 Å². The van der Waals surface area contributed by atoms with Crippen LogP contribution in [0.25, 0.3) is 0 Å². The lowest BCUT2D eigenvalue weighted by Gasteiger charge is -2.50. The zero-order chi connectivity index (χ0) is 15.9. The second kappa shape index (κ2) is 5.80. The van der Waals surface area contributed by atoms with E-state index in [2.05, 4.69) is 51.5 Å². The molecule has 21 heavy (non-hydrogen) atoms. The van der Waals surface area contributed by atoms with Crippen molar-refractivity contribution in [1.82, 2.24) is 9.80 Å². The van der Waals surface area contributed by atoms with Gasteiger partial charge in [0.2, 0.25) is 0 Å². The monoisotopic (exact) mass is 297 g/mol. The first kappa shape index (κ1) is 17.2. The fraction of sp³-hybridized carbons (Fsp3) is 1.00. The third-order valence-corrected chi connectivity index (χ3v) is 5.63. The average Bonchev–Trinajstić information content (AvgIpc) is 2.50. The van der Waals surface area contributed by atoms with Crippen LogP contribution < -0.4 is 5.73 Å². The maximum absolute atomic E-state index is 6.42. The summed E-state index contributed by atoms with van der Waals surface area (Å²) in [5.74, 6) is 0. The lowest BCUT2D eigenvalue weighted by atomic mass is 9.76. The Hall–Kier alpha value is -0.160. The van der Waals surface area contributed by atoms with Gasteiger partial charge in [0.25, 0.3) is 0 Å². The van der Waals surface area contributed by atoms with Crippen LogP contribution in [0.15, 0.2) is 0 Å². The van der Waals surface area contributed by atoms with E-state index in [9.17, 15) is 0 Å². The van der Waals surface area contributed by atoms with Crippen LogP contribution in [0.5, 0.6) is 0 Å². The Morgan fingerprint density at radius 1 is 1.19 bits per heavy atom. The highest BCUT2D eigenvalue weighted by Crippen LogP contribution is 2.49. The van der Waals surface area contributed by atoms with E-state index < -0.39 is 0 Å². The molecule has 2 N–H and O–H groups in total. The molecule has 2 unspecified atom stereocenters. The van der Waals surface area contributed by atoms with Crippen LogP contribution in [0, 0.1) is 0 Å². The summed E-state index contributed by atoms with van der Waals surface area (Å²) in [7, 11) is 2.24. The normalized spacial score (nSPS) is 37.6. The summed E-state index contributed by atoms with van der Waals surface area (Å²) in [6, 6.07) is 0.567. The number of likely N-dealkylation sites (N-methyl/N-ethyl adjacent to an activating group) is 1. The van der Waals surface area contributed by atoms with Crippen molar-refractivity contribution < 1.29 is 4.74 Å². The van der Waals surface area contributed by atoms with Gasteiger partial charge in [-0.3, -0.25) is 4.90 Å². The van der Waals surface area contributed by atoms with Gasteiger partial charge in [-0.05, 0) is 60.5 Å². The summed E-state index contributed by atoms with van der Waals surface area (Å²) >= 11 is 0. The minimum Gasteiger partial charge on any atom is -0.368 e. The molecule has 2 aliphatic heterocycles. The third kappa shape index (κ3) is 3.00. The summed E-state index contributed by atoms with van der Waals surface area (Å²) < 4.78 is 6.42. The molecule has 2 atom stereocenters. The summed E-state index contributed by atoms with van der Waals surface area (Å²) in [4.78, 5) is 5.16. The summed E-state index contributed by atoms with van der Waals surface area (Å²) in [6.07, 6.45) is 3.40. The van der Waals surface area contributed by atoms with Gasteiger partial charge in [0.05, 0.1) is 16.7 Å². The Bertz CT molecular complexity index is 369. The SMILES string of the molecule is CCC1CN(C)CCCN1C1(CN)CC(C)(C)OC1(C)C. The first-order chi connectivity index (χ1) is 9.67. The molecular weight excluding hydrogens is 262 g/mol. The molecule has 0 radical (unpaired) electrons. The van der Waals surface area contributed by atoms with Crippen LogP contribution in [-0.4, -0.2) is 65.8 Å². The zero-order valence-corrected chi connectivity index (χ0v) is 14.9. The lowest BCUT2D eigenvalue weighted by molar-refractivity contribution is -0.111. The number of rotatable bonds is 3. The second-order valence-electron chi connectivity index (χ2n) is 8.16. The maximum Gasteiger partial charge on any atom is 0.0830 e. The standard InChI is InChI=1S/C17H35N3O/c1-7-14-11-19(6)9-8-10-20(14)17(13-18)12-15(2,3)21-16(17,4)5/h14H,7-13,18H2,1-6H3. The Morgan fingerprint density at radius 3 is 2.33 bits per heavy atom. The van der Waals surface area contributed by atoms with Gasteiger partial charge in [-0.2, -0.15) is 0 Å². The Balaban J connectivity index is 2.38. The molecule has 4 heteroatoms. The average molecular weight is 297 g/mol. The highest BCUT2D eigenvalue weighted by atomic mass is 16.5. The molecular formula is C17H35N3O. The fourth-order valence-corrected chi connectivity index (χ4v) is 4.78. The van der Waals surface area contributed by atoms with Gasteiger partial charge in [0.1, 0.15) is 0 Å². The number of hydrogen-bond acceptors (Lipinski definition) is 4. The molecule has 2 fully saturated rings. The number of hydrogen-bond donors (Lipinski definition) is 1. The first-order valence-corrected chi connectivity index (χ1v) is 8.53. The molecule has 0 aliphatic carbocycles. The minimum absolute atomic E-state index is 0.0532. The summed E-state index contributed by atoms with van der Waals surface area (Å²) in [6.45, 7) is 15.3. The predicted octanol–water partition coefficient (Wildman–Crippen LogP) is 2.08. The third-order valence-electron chi connectivity index (χ3n) is 5.63. The fourth-order valence-electron chi connectivity index (χ4n) is 4.78. The Morgan fingerprint density at radius 2 is 1.86 bits per heavy atom. The quantitative estimate of drug-likeness (QED) is 0.866. The maximum atomic E-state index is 6.42. The number of nitrogens with zero attached hydrogens (tertiary/aromatic N) is 2. The molecule has 0 amide bonds. The zero-order valence-electron chi connectivity index (χ0n) is 14.9. The van der Waals surface area contributed by atoms with Crippen LogP contribution in [0.2, 0.25) is 0 Å². The Labute approximate surface area is 131 Å². The topological polar surface area (TPSA) is 41.7 Å². The van der Waals surface area contributed by atoms with Gasteiger partial charge < -0.3 is 15.4 Å². The lowest BCUT2D eigenvalue weighted by Crippen LogP contribution is -2.66. The van der Waals surface area contributed by atoms with E-state index in [1.54, 1.807) is 0 Å². The molecule has 0 aromatic rings. The van der Waals surface area contributed by atoms with Crippen molar-refractivity contribution >= 4 is 0 Å². The molecule has 4 nitrogen and oxygen atoms in total. The van der Waals surface area contributed by atoms with E-state index >= 15 is 0 Å². The van der Waals surface area contributed by atoms with Crippen LogP contribution in [0.4, 0.5) is 0 Å². The Kier molecular flexibility index (Phi) is 4.75. The summed E-state index contributed by atoms with van der Waals surface area (Å²) in [5.41, 5.74) is 6.01. The van der Waals surface area contributed by atoms with Gasteiger partial charge in [-0.1, -0.05) is 6.92 Å². The number of nitrogens with two attached hydrogens (primary N) is 1. The van der Waals surface area contributed by atoms with Gasteiger partial charge in [-0.25, -0.2) is 0 Å². The van der Waals surface area contributed by atoms with Crippen molar-refractivity contribution in [2.24, 2.45) is 5.73 Å². The van der Waals surface area contributed by atoms with Gasteiger partial charge in [0.15, 0.2) is 0 Å². The molecule has 0 aromatic heterocycles. The van der Waals surface area contributed by atoms with Gasteiger partial charge in [0, 0.05) is 25.7 Å². The number of ether oxygens (including phenoxy) is 1. The van der Waals surface area contributed by atoms with Gasteiger partial charge in [-0.15, -0.1) is 0 Å². The summed E-state index contributed by atoms with van der Waals surface area (Å²) in [5, 5.41) is 0. The largest absolute Gasteiger partial charge is 0.368 e. The van der Waals surface area contributed by atoms with Crippen LogP contribution in [0.3, 0.4) is 0 Å². The van der Waals surface area contributed by atoms with E-state index in [0.717, 1.165) is 19.5 Å².